The predicted molar refractivity (Wildman–Crippen MR) is 59.8 cm³/mol. The molecule has 0 fully saturated rings. The van der Waals surface area contributed by atoms with E-state index in [2.05, 4.69) is 18.4 Å². The number of thiol groups is 1. The molecule has 0 saturated heterocycles. The molecule has 0 saturated carbocycles. The summed E-state index contributed by atoms with van der Waals surface area (Å²) >= 11 is 3.89. The lowest BCUT2D eigenvalue weighted by molar-refractivity contribution is 0.602. The fraction of sp³-hybridized carbons (Fsp3) is 0.400. The van der Waals surface area contributed by atoms with Gasteiger partial charge in [0.05, 0.1) is 0 Å². The zero-order valence-electron chi connectivity index (χ0n) is 8.63. The normalized spacial score (nSPS) is 7.62. The molecule has 0 radical (unpaired) electrons. The second-order valence-corrected chi connectivity index (χ2v) is 2.44. The summed E-state index contributed by atoms with van der Waals surface area (Å²) in [4.78, 5) is 0.412. The fourth-order valence-corrected chi connectivity index (χ4v) is 0.901. The van der Waals surface area contributed by atoms with Gasteiger partial charge in [-0.05, 0) is 31.7 Å². The molecule has 0 unspecified atom stereocenters. The quantitative estimate of drug-likeness (QED) is 0.623. The lowest BCUT2D eigenvalue weighted by Gasteiger charge is -1.94. The van der Waals surface area contributed by atoms with E-state index in [4.69, 9.17) is 0 Å². The molecule has 0 aliphatic carbocycles. The molecule has 13 heavy (non-hydrogen) atoms. The minimum Gasteiger partial charge on any atom is -0.333 e. The Balaban J connectivity index is 0. The molecule has 0 aliphatic rings. The highest BCUT2D eigenvalue weighted by atomic mass is 32.1. The van der Waals surface area contributed by atoms with Crippen LogP contribution < -0.4 is 5.73 Å². The van der Waals surface area contributed by atoms with Crippen LogP contribution in [0.1, 0.15) is 19.4 Å². The molecule has 3 heteroatoms. The first-order valence-corrected chi connectivity index (χ1v) is 4.68. The van der Waals surface area contributed by atoms with Crippen molar-refractivity contribution in [3.63, 3.8) is 0 Å². The number of aryl methyl sites for hydroxylation is 1. The highest BCUT2D eigenvalue weighted by Gasteiger charge is 1.94. The maximum atomic E-state index is 12.4. The minimum absolute atomic E-state index is 0.260. The number of nitrogens with two attached hydrogens (primary N) is 1. The van der Waals surface area contributed by atoms with Gasteiger partial charge in [0.15, 0.2) is 0 Å². The third-order valence-electron chi connectivity index (χ3n) is 1.10. The molecule has 0 bridgehead atoms. The molecule has 0 amide bonds. The molecule has 1 rings (SSSR count). The second-order valence-electron chi connectivity index (χ2n) is 1.95. The van der Waals surface area contributed by atoms with Gasteiger partial charge in [-0.1, -0.05) is 19.9 Å². The van der Waals surface area contributed by atoms with Gasteiger partial charge in [0.1, 0.15) is 5.82 Å². The van der Waals surface area contributed by atoms with E-state index in [0.717, 1.165) is 5.56 Å². The van der Waals surface area contributed by atoms with Crippen LogP contribution in [-0.2, 0) is 0 Å². The molecule has 0 spiro atoms. The number of hydrogen-bond donors (Lipinski definition) is 2. The van der Waals surface area contributed by atoms with Gasteiger partial charge in [0, 0.05) is 4.90 Å². The van der Waals surface area contributed by atoms with Crippen molar-refractivity contribution in [3.8, 4) is 0 Å². The van der Waals surface area contributed by atoms with E-state index in [1.54, 1.807) is 12.1 Å². The van der Waals surface area contributed by atoms with Gasteiger partial charge < -0.3 is 5.73 Å². The van der Waals surface area contributed by atoms with Crippen LogP contribution >= 0.6 is 12.6 Å². The number of hydrogen-bond acceptors (Lipinski definition) is 2. The van der Waals surface area contributed by atoms with Gasteiger partial charge in [-0.3, -0.25) is 0 Å². The van der Waals surface area contributed by atoms with Crippen LogP contribution in [0.5, 0.6) is 0 Å². The summed E-state index contributed by atoms with van der Waals surface area (Å²) in [6, 6.07) is 4.82. The highest BCUT2D eigenvalue weighted by molar-refractivity contribution is 7.80. The lowest BCUT2D eigenvalue weighted by Crippen LogP contribution is -1.77. The van der Waals surface area contributed by atoms with Crippen LogP contribution in [0.25, 0.3) is 0 Å². The van der Waals surface area contributed by atoms with Crippen LogP contribution in [0.3, 0.4) is 0 Å². The molecule has 0 atom stereocenters. The Hall–Kier alpha value is -0.540. The molecular formula is C10H18FNS. The van der Waals surface area contributed by atoms with Crippen molar-refractivity contribution in [1.29, 1.82) is 0 Å². The SMILES string of the molecule is CC.CN.Cc1ccc(F)c(S)c1. The van der Waals surface area contributed by atoms with Gasteiger partial charge >= 0.3 is 0 Å². The molecule has 0 aliphatic heterocycles. The second kappa shape index (κ2) is 9.55. The van der Waals surface area contributed by atoms with E-state index in [1.165, 1.54) is 13.1 Å². The Morgan fingerprint density at radius 3 is 2.00 bits per heavy atom. The third-order valence-corrected chi connectivity index (χ3v) is 1.44. The van der Waals surface area contributed by atoms with Crippen molar-refractivity contribution < 1.29 is 4.39 Å². The molecule has 1 aromatic rings. The maximum Gasteiger partial charge on any atom is 0.136 e. The van der Waals surface area contributed by atoms with E-state index in [1.807, 2.05) is 20.8 Å². The minimum atomic E-state index is -0.260. The standard InChI is InChI=1S/C7H7FS.C2H6.CH5N/c1-5-2-3-6(8)7(9)4-5;2*1-2/h2-4,9H,1H3;1-2H3;2H2,1H3. The van der Waals surface area contributed by atoms with Crippen LogP contribution in [0.4, 0.5) is 4.39 Å². The first-order chi connectivity index (χ1) is 6.20. The molecule has 0 heterocycles. The molecule has 76 valence electrons. The summed E-state index contributed by atoms with van der Waals surface area (Å²) in [5.41, 5.74) is 5.53. The van der Waals surface area contributed by atoms with Gasteiger partial charge in [-0.2, -0.15) is 0 Å². The Morgan fingerprint density at radius 2 is 1.69 bits per heavy atom. The van der Waals surface area contributed by atoms with Crippen molar-refractivity contribution in [1.82, 2.24) is 0 Å². The van der Waals surface area contributed by atoms with Crippen LogP contribution in [0.15, 0.2) is 23.1 Å². The van der Waals surface area contributed by atoms with E-state index < -0.39 is 0 Å². The van der Waals surface area contributed by atoms with Gasteiger partial charge in [0.2, 0.25) is 0 Å². The Kier molecular flexibility index (Phi) is 11.0. The summed E-state index contributed by atoms with van der Waals surface area (Å²) in [7, 11) is 1.50. The monoisotopic (exact) mass is 203 g/mol. The average molecular weight is 203 g/mol. The van der Waals surface area contributed by atoms with Crippen molar-refractivity contribution in [2.45, 2.75) is 25.7 Å². The Morgan fingerprint density at radius 1 is 1.23 bits per heavy atom. The summed E-state index contributed by atoms with van der Waals surface area (Å²) in [5, 5.41) is 0. The lowest BCUT2D eigenvalue weighted by atomic mass is 10.2. The van der Waals surface area contributed by atoms with Gasteiger partial charge in [-0.15, -0.1) is 12.6 Å². The summed E-state index contributed by atoms with van der Waals surface area (Å²) in [6.45, 7) is 5.90. The molecular weight excluding hydrogens is 185 g/mol. The van der Waals surface area contributed by atoms with Crippen molar-refractivity contribution in [3.05, 3.63) is 29.6 Å². The van der Waals surface area contributed by atoms with Crippen LogP contribution in [0, 0.1) is 12.7 Å². The first kappa shape index (κ1) is 15.0. The predicted octanol–water partition coefficient (Wildman–Crippen LogP) is 3.02. The summed E-state index contributed by atoms with van der Waals surface area (Å²) in [6.07, 6.45) is 0. The Labute approximate surface area is 85.6 Å². The first-order valence-electron chi connectivity index (χ1n) is 4.23. The van der Waals surface area contributed by atoms with E-state index in [0.29, 0.717) is 4.90 Å². The summed E-state index contributed by atoms with van der Waals surface area (Å²) < 4.78 is 12.4. The fourth-order valence-electron chi connectivity index (χ4n) is 0.623. The smallest absolute Gasteiger partial charge is 0.136 e. The summed E-state index contributed by atoms with van der Waals surface area (Å²) in [5.74, 6) is -0.260. The zero-order chi connectivity index (χ0) is 10.9. The van der Waals surface area contributed by atoms with E-state index in [-0.39, 0.29) is 5.82 Å². The van der Waals surface area contributed by atoms with Crippen LogP contribution in [0.2, 0.25) is 0 Å². The largest absolute Gasteiger partial charge is 0.333 e. The molecule has 1 aromatic carbocycles. The molecule has 2 N–H and O–H groups in total. The van der Waals surface area contributed by atoms with Crippen LogP contribution in [-0.4, -0.2) is 7.05 Å². The van der Waals surface area contributed by atoms with Gasteiger partial charge in [-0.25, -0.2) is 4.39 Å². The zero-order valence-corrected chi connectivity index (χ0v) is 9.53. The maximum absolute atomic E-state index is 12.4. The highest BCUT2D eigenvalue weighted by Crippen LogP contribution is 2.12. The number of halogens is 1. The topological polar surface area (TPSA) is 26.0 Å². The van der Waals surface area contributed by atoms with Gasteiger partial charge in [0.25, 0.3) is 0 Å². The average Bonchev–Trinajstić information content (AvgIpc) is 2.18. The third kappa shape index (κ3) is 6.61. The van der Waals surface area contributed by atoms with Crippen molar-refractivity contribution in [2.75, 3.05) is 7.05 Å². The molecule has 1 nitrogen and oxygen atoms in total. The Bertz CT molecular complexity index is 226. The number of benzene rings is 1. The van der Waals surface area contributed by atoms with Crippen molar-refractivity contribution >= 4 is 12.6 Å². The molecule has 0 aromatic heterocycles. The van der Waals surface area contributed by atoms with E-state index in [9.17, 15) is 4.39 Å². The number of rotatable bonds is 0. The van der Waals surface area contributed by atoms with E-state index >= 15 is 0 Å². The van der Waals surface area contributed by atoms with Crippen molar-refractivity contribution in [2.24, 2.45) is 5.73 Å².